The van der Waals surface area contributed by atoms with Gasteiger partial charge in [0, 0.05) is 15.2 Å². The number of hydrogen-bond donors (Lipinski definition) is 1. The van der Waals surface area contributed by atoms with Crippen LogP contribution in [-0.4, -0.2) is 5.91 Å². The molecule has 0 bridgehead atoms. The van der Waals surface area contributed by atoms with Crippen LogP contribution in [0.25, 0.3) is 0 Å². The van der Waals surface area contributed by atoms with Gasteiger partial charge in [0.1, 0.15) is 0 Å². The minimum absolute atomic E-state index is 0.217. The van der Waals surface area contributed by atoms with E-state index in [2.05, 4.69) is 27.9 Å². The first-order valence-corrected chi connectivity index (χ1v) is 6.86. The molecule has 3 heteroatoms. The summed E-state index contributed by atoms with van der Waals surface area (Å²) in [5, 5.41) is 3.02. The zero-order chi connectivity index (χ0) is 11.1. The van der Waals surface area contributed by atoms with Crippen molar-refractivity contribution in [3.05, 3.63) is 27.8 Å². The van der Waals surface area contributed by atoms with Crippen LogP contribution in [-0.2, 0) is 4.79 Å². The first kappa shape index (κ1) is 10.6. The molecule has 1 aromatic rings. The molecule has 0 saturated heterocycles. The molecule has 84 valence electrons. The van der Waals surface area contributed by atoms with Crippen molar-refractivity contribution in [3.63, 3.8) is 0 Å². The topological polar surface area (TPSA) is 29.1 Å². The second-order valence-corrected chi connectivity index (χ2v) is 6.17. The van der Waals surface area contributed by atoms with Crippen LogP contribution in [0.3, 0.4) is 0 Å². The van der Waals surface area contributed by atoms with E-state index in [9.17, 15) is 4.79 Å². The lowest BCUT2D eigenvalue weighted by molar-refractivity contribution is -0.120. The fourth-order valence-electron chi connectivity index (χ4n) is 2.74. The second kappa shape index (κ2) is 4.02. The summed E-state index contributed by atoms with van der Waals surface area (Å²) in [4.78, 5) is 12.0. The van der Waals surface area contributed by atoms with E-state index in [0.717, 1.165) is 33.9 Å². The molecule has 2 unspecified atom stereocenters. The van der Waals surface area contributed by atoms with Crippen LogP contribution < -0.4 is 5.32 Å². The molecule has 2 aliphatic rings. The van der Waals surface area contributed by atoms with Crippen LogP contribution in [0.4, 0.5) is 5.69 Å². The van der Waals surface area contributed by atoms with Crippen molar-refractivity contribution in [1.82, 2.24) is 0 Å². The number of halogens is 1. The lowest BCUT2D eigenvalue weighted by Gasteiger charge is -2.12. The van der Waals surface area contributed by atoms with Gasteiger partial charge in [-0.25, -0.2) is 0 Å². The largest absolute Gasteiger partial charge is 0.326 e. The van der Waals surface area contributed by atoms with E-state index < -0.39 is 0 Å². The molecule has 2 atom stereocenters. The van der Waals surface area contributed by atoms with Crippen LogP contribution >= 0.6 is 22.6 Å². The Morgan fingerprint density at radius 2 is 2.00 bits per heavy atom. The summed E-state index contributed by atoms with van der Waals surface area (Å²) in [5.74, 6) is 2.22. The lowest BCUT2D eigenvalue weighted by Crippen LogP contribution is -2.21. The van der Waals surface area contributed by atoms with E-state index in [0.29, 0.717) is 0 Å². The van der Waals surface area contributed by atoms with Crippen LogP contribution in [0.5, 0.6) is 0 Å². The molecule has 0 spiro atoms. The first-order valence-electron chi connectivity index (χ1n) is 5.79. The molecule has 0 radical (unpaired) electrons. The van der Waals surface area contributed by atoms with Crippen molar-refractivity contribution in [3.8, 4) is 0 Å². The third kappa shape index (κ3) is 2.10. The van der Waals surface area contributed by atoms with Crippen molar-refractivity contribution < 1.29 is 4.79 Å². The fraction of sp³-hybridized carbons (Fsp3) is 0.462. The molecule has 2 nitrogen and oxygen atoms in total. The van der Waals surface area contributed by atoms with Gasteiger partial charge in [-0.3, -0.25) is 4.79 Å². The number of hydrogen-bond acceptors (Lipinski definition) is 1. The van der Waals surface area contributed by atoms with Crippen LogP contribution in [0, 0.1) is 21.3 Å². The Kier molecular flexibility index (Phi) is 2.65. The highest BCUT2D eigenvalue weighted by Crippen LogP contribution is 2.54. The van der Waals surface area contributed by atoms with E-state index in [-0.39, 0.29) is 11.8 Å². The molecule has 0 aliphatic heterocycles. The standard InChI is InChI=1S/C13H14INO/c14-11-2-1-3-12(7-11)15-13(16)10-5-8-4-9(8)6-10/h1-3,7-10H,4-6H2,(H,15,16). The van der Waals surface area contributed by atoms with Gasteiger partial charge in [-0.05, 0) is 71.9 Å². The van der Waals surface area contributed by atoms with Crippen molar-refractivity contribution in [2.24, 2.45) is 17.8 Å². The van der Waals surface area contributed by atoms with Crippen molar-refractivity contribution >= 4 is 34.2 Å². The molecular weight excluding hydrogens is 313 g/mol. The number of fused-ring (bicyclic) bond motifs is 1. The summed E-state index contributed by atoms with van der Waals surface area (Å²) in [5.41, 5.74) is 0.928. The van der Waals surface area contributed by atoms with Crippen molar-refractivity contribution in [1.29, 1.82) is 0 Å². The van der Waals surface area contributed by atoms with Gasteiger partial charge in [-0.2, -0.15) is 0 Å². The minimum Gasteiger partial charge on any atom is -0.326 e. The maximum Gasteiger partial charge on any atom is 0.227 e. The average molecular weight is 327 g/mol. The Morgan fingerprint density at radius 3 is 2.69 bits per heavy atom. The van der Waals surface area contributed by atoms with Gasteiger partial charge in [0.05, 0.1) is 0 Å². The number of benzene rings is 1. The Labute approximate surface area is 109 Å². The van der Waals surface area contributed by atoms with Crippen molar-refractivity contribution in [2.75, 3.05) is 5.32 Å². The molecule has 3 rings (SSSR count). The quantitative estimate of drug-likeness (QED) is 0.830. The van der Waals surface area contributed by atoms with Crippen LogP contribution in [0.1, 0.15) is 19.3 Å². The van der Waals surface area contributed by atoms with E-state index in [1.807, 2.05) is 24.3 Å². The summed E-state index contributed by atoms with van der Waals surface area (Å²) in [6.07, 6.45) is 3.59. The zero-order valence-electron chi connectivity index (χ0n) is 8.95. The molecule has 0 heterocycles. The summed E-state index contributed by atoms with van der Waals surface area (Å²) in [6.45, 7) is 0. The Bertz CT molecular complexity index is 422. The van der Waals surface area contributed by atoms with Gasteiger partial charge in [0.2, 0.25) is 5.91 Å². The third-order valence-corrected chi connectivity index (χ3v) is 4.38. The number of rotatable bonds is 2. The molecule has 16 heavy (non-hydrogen) atoms. The SMILES string of the molecule is O=C(Nc1cccc(I)c1)C1CC2CC2C1. The molecule has 2 aliphatic carbocycles. The summed E-state index contributed by atoms with van der Waals surface area (Å²) >= 11 is 2.26. The number of carbonyl (C=O) groups excluding carboxylic acids is 1. The van der Waals surface area contributed by atoms with Crippen LogP contribution in [0.2, 0.25) is 0 Å². The lowest BCUT2D eigenvalue weighted by atomic mass is 10.0. The summed E-state index contributed by atoms with van der Waals surface area (Å²) in [7, 11) is 0. The predicted molar refractivity (Wildman–Crippen MR) is 72.1 cm³/mol. The number of amides is 1. The smallest absolute Gasteiger partial charge is 0.227 e. The predicted octanol–water partition coefficient (Wildman–Crippen LogP) is 3.28. The molecule has 1 aromatic carbocycles. The highest BCUT2D eigenvalue weighted by Gasteiger charge is 2.47. The van der Waals surface area contributed by atoms with Gasteiger partial charge in [-0.1, -0.05) is 6.07 Å². The van der Waals surface area contributed by atoms with E-state index >= 15 is 0 Å². The Morgan fingerprint density at radius 1 is 1.25 bits per heavy atom. The normalized spacial score (nSPS) is 30.9. The average Bonchev–Trinajstić information content (AvgIpc) is 2.86. The fourth-order valence-corrected chi connectivity index (χ4v) is 3.28. The van der Waals surface area contributed by atoms with Crippen LogP contribution in [0.15, 0.2) is 24.3 Å². The Hall–Kier alpha value is -0.580. The summed E-state index contributed by atoms with van der Waals surface area (Å²) in [6, 6.07) is 7.97. The molecule has 1 amide bonds. The molecule has 2 fully saturated rings. The molecule has 1 N–H and O–H groups in total. The maximum atomic E-state index is 12.0. The zero-order valence-corrected chi connectivity index (χ0v) is 11.1. The number of carbonyl (C=O) groups is 1. The highest BCUT2D eigenvalue weighted by atomic mass is 127. The van der Waals surface area contributed by atoms with Gasteiger partial charge in [0.25, 0.3) is 0 Å². The van der Waals surface area contributed by atoms with E-state index in [1.54, 1.807) is 0 Å². The highest BCUT2D eigenvalue weighted by molar-refractivity contribution is 14.1. The Balaban J connectivity index is 1.64. The minimum atomic E-state index is 0.217. The summed E-state index contributed by atoms with van der Waals surface area (Å²) < 4.78 is 1.16. The van der Waals surface area contributed by atoms with Gasteiger partial charge in [-0.15, -0.1) is 0 Å². The van der Waals surface area contributed by atoms with E-state index in [4.69, 9.17) is 0 Å². The number of nitrogens with one attached hydrogen (secondary N) is 1. The maximum absolute atomic E-state index is 12.0. The second-order valence-electron chi connectivity index (χ2n) is 4.92. The van der Waals surface area contributed by atoms with Gasteiger partial charge < -0.3 is 5.32 Å². The first-order chi connectivity index (χ1) is 7.72. The third-order valence-electron chi connectivity index (χ3n) is 3.71. The molecule has 0 aromatic heterocycles. The number of anilines is 1. The van der Waals surface area contributed by atoms with Crippen molar-refractivity contribution in [2.45, 2.75) is 19.3 Å². The van der Waals surface area contributed by atoms with Gasteiger partial charge >= 0.3 is 0 Å². The molecular formula is C13H14INO. The monoisotopic (exact) mass is 327 g/mol. The molecule has 2 saturated carbocycles. The van der Waals surface area contributed by atoms with E-state index in [1.165, 1.54) is 6.42 Å². The van der Waals surface area contributed by atoms with Gasteiger partial charge in [0.15, 0.2) is 0 Å².